The fourth-order valence-electron chi connectivity index (χ4n) is 1.02. The van der Waals surface area contributed by atoms with Crippen molar-refractivity contribution in [2.75, 3.05) is 6.54 Å². The summed E-state index contributed by atoms with van der Waals surface area (Å²) in [5.74, 6) is -3.85. The van der Waals surface area contributed by atoms with Gasteiger partial charge in [-0.05, 0) is 18.2 Å². The van der Waals surface area contributed by atoms with Crippen LogP contribution in [0.3, 0.4) is 0 Å². The third kappa shape index (κ3) is 3.30. The first-order valence-corrected chi connectivity index (χ1v) is 4.45. The SMILES string of the molecule is O=C(O)CCNC(=O)c1ccc(F)c(F)c1. The van der Waals surface area contributed by atoms with Gasteiger partial charge in [0.05, 0.1) is 6.42 Å². The lowest BCUT2D eigenvalue weighted by Gasteiger charge is -2.03. The fourth-order valence-corrected chi connectivity index (χ4v) is 1.02. The smallest absolute Gasteiger partial charge is 0.305 e. The van der Waals surface area contributed by atoms with E-state index >= 15 is 0 Å². The molecule has 0 aromatic heterocycles. The number of carboxylic acids is 1. The summed E-state index contributed by atoms with van der Waals surface area (Å²) in [7, 11) is 0. The minimum absolute atomic E-state index is 0.0516. The van der Waals surface area contributed by atoms with Crippen molar-refractivity contribution in [2.24, 2.45) is 0 Å². The second kappa shape index (κ2) is 5.20. The first kappa shape index (κ1) is 12.1. The molecule has 0 aliphatic carbocycles. The molecule has 6 heteroatoms. The molecule has 0 radical (unpaired) electrons. The molecule has 0 fully saturated rings. The average molecular weight is 229 g/mol. The summed E-state index contributed by atoms with van der Waals surface area (Å²) >= 11 is 0. The Kier molecular flexibility index (Phi) is 3.93. The number of carboxylic acid groups (broad SMARTS) is 1. The number of carbonyl (C=O) groups is 2. The standard InChI is InChI=1S/C10H9F2NO3/c11-7-2-1-6(5-8(7)12)10(16)13-4-3-9(14)15/h1-2,5H,3-4H2,(H,13,16)(H,14,15). The lowest BCUT2D eigenvalue weighted by molar-refractivity contribution is -0.136. The quantitative estimate of drug-likeness (QED) is 0.814. The molecule has 0 aliphatic heterocycles. The van der Waals surface area contributed by atoms with E-state index in [2.05, 4.69) is 5.32 Å². The van der Waals surface area contributed by atoms with Crippen molar-refractivity contribution in [1.29, 1.82) is 0 Å². The molecule has 0 bridgehead atoms. The molecular weight excluding hydrogens is 220 g/mol. The van der Waals surface area contributed by atoms with Crippen LogP contribution in [0.25, 0.3) is 0 Å². The predicted molar refractivity (Wildman–Crippen MR) is 50.9 cm³/mol. The molecule has 86 valence electrons. The molecule has 0 saturated carbocycles. The molecule has 0 heterocycles. The van der Waals surface area contributed by atoms with Gasteiger partial charge in [0, 0.05) is 12.1 Å². The van der Waals surface area contributed by atoms with Crippen LogP contribution in [0, 0.1) is 11.6 Å². The molecule has 1 rings (SSSR count). The van der Waals surface area contributed by atoms with E-state index in [0.717, 1.165) is 18.2 Å². The summed E-state index contributed by atoms with van der Waals surface area (Å²) in [6, 6.07) is 2.71. The van der Waals surface area contributed by atoms with Gasteiger partial charge in [-0.25, -0.2) is 8.78 Å². The van der Waals surface area contributed by atoms with Crippen molar-refractivity contribution in [3.05, 3.63) is 35.4 Å². The number of hydrogen-bond acceptors (Lipinski definition) is 2. The number of nitrogens with one attached hydrogen (secondary N) is 1. The van der Waals surface area contributed by atoms with Crippen LogP contribution in [0.15, 0.2) is 18.2 Å². The van der Waals surface area contributed by atoms with Crippen molar-refractivity contribution < 1.29 is 23.5 Å². The second-order valence-corrected chi connectivity index (χ2v) is 3.03. The van der Waals surface area contributed by atoms with Crippen LogP contribution < -0.4 is 5.32 Å². The molecule has 1 amide bonds. The summed E-state index contributed by atoms with van der Waals surface area (Å²) in [5, 5.41) is 10.6. The maximum absolute atomic E-state index is 12.7. The minimum atomic E-state index is -1.12. The summed E-state index contributed by atoms with van der Waals surface area (Å²) in [4.78, 5) is 21.5. The van der Waals surface area contributed by atoms with Gasteiger partial charge in [0.25, 0.3) is 5.91 Å². The number of hydrogen-bond donors (Lipinski definition) is 2. The van der Waals surface area contributed by atoms with Gasteiger partial charge in [0.15, 0.2) is 11.6 Å². The maximum atomic E-state index is 12.7. The molecule has 0 spiro atoms. The molecule has 0 saturated heterocycles. The van der Waals surface area contributed by atoms with Crippen LogP contribution >= 0.6 is 0 Å². The summed E-state index contributed by atoms with van der Waals surface area (Å²) in [6.07, 6.45) is -0.227. The van der Waals surface area contributed by atoms with Crippen molar-refractivity contribution in [1.82, 2.24) is 5.32 Å². The Morgan fingerprint density at radius 1 is 1.25 bits per heavy atom. The van der Waals surface area contributed by atoms with Gasteiger partial charge in [0.1, 0.15) is 0 Å². The van der Waals surface area contributed by atoms with Gasteiger partial charge in [-0.2, -0.15) is 0 Å². The van der Waals surface area contributed by atoms with Gasteiger partial charge in [-0.3, -0.25) is 9.59 Å². The monoisotopic (exact) mass is 229 g/mol. The zero-order valence-electron chi connectivity index (χ0n) is 8.17. The first-order valence-electron chi connectivity index (χ1n) is 4.45. The van der Waals surface area contributed by atoms with E-state index in [4.69, 9.17) is 5.11 Å². The average Bonchev–Trinajstić information content (AvgIpc) is 2.21. The fraction of sp³-hybridized carbons (Fsp3) is 0.200. The number of aliphatic carboxylic acids is 1. The van der Waals surface area contributed by atoms with Crippen LogP contribution in [0.4, 0.5) is 8.78 Å². The van der Waals surface area contributed by atoms with Crippen molar-refractivity contribution in [2.45, 2.75) is 6.42 Å². The molecule has 0 atom stereocenters. The van der Waals surface area contributed by atoms with Crippen LogP contribution in [-0.4, -0.2) is 23.5 Å². The predicted octanol–water partition coefficient (Wildman–Crippen LogP) is 1.17. The van der Waals surface area contributed by atoms with E-state index in [9.17, 15) is 18.4 Å². The minimum Gasteiger partial charge on any atom is -0.481 e. The summed E-state index contributed by atoms with van der Waals surface area (Å²) in [6.45, 7) is -0.0623. The summed E-state index contributed by atoms with van der Waals surface area (Å²) < 4.78 is 25.3. The van der Waals surface area contributed by atoms with Crippen LogP contribution in [-0.2, 0) is 4.79 Å². The maximum Gasteiger partial charge on any atom is 0.305 e. The second-order valence-electron chi connectivity index (χ2n) is 3.03. The van der Waals surface area contributed by atoms with E-state index < -0.39 is 23.5 Å². The van der Waals surface area contributed by atoms with Gasteiger partial charge >= 0.3 is 5.97 Å². The summed E-state index contributed by atoms with van der Waals surface area (Å²) in [5.41, 5.74) is -0.0516. The Morgan fingerprint density at radius 3 is 2.50 bits per heavy atom. The topological polar surface area (TPSA) is 66.4 Å². The molecule has 2 N–H and O–H groups in total. The van der Waals surface area contributed by atoms with E-state index in [1.54, 1.807) is 0 Å². The molecule has 1 aromatic carbocycles. The highest BCUT2D eigenvalue weighted by Crippen LogP contribution is 2.08. The Morgan fingerprint density at radius 2 is 1.94 bits per heavy atom. The van der Waals surface area contributed by atoms with Gasteiger partial charge in [0.2, 0.25) is 0 Å². The molecule has 1 aromatic rings. The van der Waals surface area contributed by atoms with E-state index in [1.165, 1.54) is 0 Å². The van der Waals surface area contributed by atoms with E-state index in [0.29, 0.717) is 0 Å². The first-order chi connectivity index (χ1) is 7.50. The molecule has 16 heavy (non-hydrogen) atoms. The lowest BCUT2D eigenvalue weighted by atomic mass is 10.2. The van der Waals surface area contributed by atoms with Crippen molar-refractivity contribution in [3.63, 3.8) is 0 Å². The van der Waals surface area contributed by atoms with E-state index in [1.807, 2.05) is 0 Å². The highest BCUT2D eigenvalue weighted by molar-refractivity contribution is 5.94. The van der Waals surface area contributed by atoms with Crippen molar-refractivity contribution >= 4 is 11.9 Å². The highest BCUT2D eigenvalue weighted by atomic mass is 19.2. The van der Waals surface area contributed by atoms with E-state index in [-0.39, 0.29) is 18.5 Å². The number of rotatable bonds is 4. The van der Waals surface area contributed by atoms with Gasteiger partial charge in [-0.1, -0.05) is 0 Å². The number of benzene rings is 1. The van der Waals surface area contributed by atoms with Crippen LogP contribution in [0.5, 0.6) is 0 Å². The number of carbonyl (C=O) groups excluding carboxylic acids is 1. The Hall–Kier alpha value is -1.98. The molecule has 0 unspecified atom stereocenters. The Labute approximate surface area is 89.9 Å². The Balaban J connectivity index is 2.59. The normalized spacial score (nSPS) is 9.88. The molecule has 4 nitrogen and oxygen atoms in total. The Bertz CT molecular complexity index is 421. The van der Waals surface area contributed by atoms with Crippen LogP contribution in [0.2, 0.25) is 0 Å². The number of halogens is 2. The van der Waals surface area contributed by atoms with Crippen LogP contribution in [0.1, 0.15) is 16.8 Å². The zero-order chi connectivity index (χ0) is 12.1. The zero-order valence-corrected chi connectivity index (χ0v) is 8.17. The third-order valence-electron chi connectivity index (χ3n) is 1.81. The number of amides is 1. The van der Waals surface area contributed by atoms with Gasteiger partial charge in [-0.15, -0.1) is 0 Å². The largest absolute Gasteiger partial charge is 0.481 e. The molecular formula is C10H9F2NO3. The third-order valence-corrected chi connectivity index (χ3v) is 1.81. The highest BCUT2D eigenvalue weighted by Gasteiger charge is 2.09. The van der Waals surface area contributed by atoms with Crippen molar-refractivity contribution in [3.8, 4) is 0 Å². The molecule has 0 aliphatic rings. The lowest BCUT2D eigenvalue weighted by Crippen LogP contribution is -2.26. The van der Waals surface area contributed by atoms with Gasteiger partial charge < -0.3 is 10.4 Å².